The predicted octanol–water partition coefficient (Wildman–Crippen LogP) is 4.44. The van der Waals surface area contributed by atoms with Crippen LogP contribution in [0.15, 0.2) is 46.8 Å². The van der Waals surface area contributed by atoms with Crippen LogP contribution in [0.3, 0.4) is 0 Å². The maximum absolute atomic E-state index is 12.5. The number of thiophene rings is 1. The molecule has 0 aliphatic carbocycles. The molecule has 4 aromatic rings. The van der Waals surface area contributed by atoms with Crippen LogP contribution in [0.2, 0.25) is 0 Å². The fraction of sp³-hybridized carbons (Fsp3) is 0.200. The number of hydrogen-bond acceptors (Lipinski definition) is 6. The van der Waals surface area contributed by atoms with E-state index in [9.17, 15) is 4.79 Å². The highest BCUT2D eigenvalue weighted by Gasteiger charge is 2.15. The molecule has 3 aromatic heterocycles. The van der Waals surface area contributed by atoms with E-state index in [0.717, 1.165) is 37.9 Å². The summed E-state index contributed by atoms with van der Waals surface area (Å²) < 4.78 is 1.77. The summed E-state index contributed by atoms with van der Waals surface area (Å²) in [6.07, 6.45) is 0. The zero-order valence-corrected chi connectivity index (χ0v) is 17.4. The maximum atomic E-state index is 12.5. The largest absolute Gasteiger partial charge is 0.322 e. The van der Waals surface area contributed by atoms with Crippen LogP contribution < -0.4 is 5.32 Å². The molecule has 8 heteroatoms. The van der Waals surface area contributed by atoms with Crippen LogP contribution in [-0.4, -0.2) is 31.4 Å². The van der Waals surface area contributed by atoms with Crippen LogP contribution in [-0.2, 0) is 11.8 Å². The van der Waals surface area contributed by atoms with Crippen LogP contribution in [0, 0.1) is 13.8 Å². The van der Waals surface area contributed by atoms with Crippen LogP contribution in [0.4, 0.5) is 5.69 Å². The van der Waals surface area contributed by atoms with E-state index in [0.29, 0.717) is 5.82 Å². The van der Waals surface area contributed by atoms with Gasteiger partial charge in [0.25, 0.3) is 0 Å². The van der Waals surface area contributed by atoms with Gasteiger partial charge in [-0.05, 0) is 31.4 Å². The summed E-state index contributed by atoms with van der Waals surface area (Å²) in [5.74, 6) is 0.874. The molecule has 1 N–H and O–H groups in total. The highest BCUT2D eigenvalue weighted by Crippen LogP contribution is 2.30. The Morgan fingerprint density at radius 1 is 1.18 bits per heavy atom. The van der Waals surface area contributed by atoms with Gasteiger partial charge in [0.15, 0.2) is 5.82 Å². The monoisotopic (exact) mass is 409 g/mol. The van der Waals surface area contributed by atoms with E-state index in [4.69, 9.17) is 4.98 Å². The number of aromatic nitrogens is 4. The molecular formula is C20H19N5OS2. The van der Waals surface area contributed by atoms with Crippen molar-refractivity contribution in [1.29, 1.82) is 0 Å². The quantitative estimate of drug-likeness (QED) is 0.390. The predicted molar refractivity (Wildman–Crippen MR) is 115 cm³/mol. The number of nitrogens with one attached hydrogen (secondary N) is 1. The van der Waals surface area contributed by atoms with Gasteiger partial charge in [0.05, 0.1) is 33.2 Å². The average molecular weight is 410 g/mol. The minimum absolute atomic E-state index is 0.0791. The summed E-state index contributed by atoms with van der Waals surface area (Å²) in [6.45, 7) is 3.83. The SMILES string of the molecule is Cc1nn(C)c(C)c1NC(=O)CSc1nc(-c2cccs2)nc2ccccc12. The van der Waals surface area contributed by atoms with E-state index in [2.05, 4.69) is 15.4 Å². The molecule has 0 aliphatic rings. The molecule has 0 bridgehead atoms. The summed E-state index contributed by atoms with van der Waals surface area (Å²) in [7, 11) is 1.87. The van der Waals surface area contributed by atoms with Crippen LogP contribution in [0.1, 0.15) is 11.4 Å². The van der Waals surface area contributed by atoms with Crippen molar-refractivity contribution in [2.75, 3.05) is 11.1 Å². The number of fused-ring (bicyclic) bond motifs is 1. The Bertz CT molecular complexity index is 1150. The molecule has 0 fully saturated rings. The first-order chi connectivity index (χ1) is 13.5. The number of carbonyl (C=O) groups excluding carboxylic acids is 1. The molecule has 4 rings (SSSR count). The summed E-state index contributed by atoms with van der Waals surface area (Å²) in [5.41, 5.74) is 3.40. The molecule has 6 nitrogen and oxygen atoms in total. The number of rotatable bonds is 5. The molecule has 0 unspecified atom stereocenters. The fourth-order valence-corrected chi connectivity index (χ4v) is 4.41. The zero-order chi connectivity index (χ0) is 19.7. The van der Waals surface area contributed by atoms with E-state index in [1.54, 1.807) is 16.0 Å². The average Bonchev–Trinajstić information content (AvgIpc) is 3.31. The lowest BCUT2D eigenvalue weighted by molar-refractivity contribution is -0.113. The molecule has 1 aromatic carbocycles. The molecule has 0 aliphatic heterocycles. The summed E-state index contributed by atoms with van der Waals surface area (Å²) in [5, 5.41) is 11.1. The maximum Gasteiger partial charge on any atom is 0.234 e. The molecule has 0 radical (unpaired) electrons. The highest BCUT2D eigenvalue weighted by molar-refractivity contribution is 8.00. The number of para-hydroxylation sites is 1. The second-order valence-electron chi connectivity index (χ2n) is 6.35. The molecule has 0 spiro atoms. The van der Waals surface area contributed by atoms with Gasteiger partial charge in [-0.1, -0.05) is 36.0 Å². The van der Waals surface area contributed by atoms with Crippen molar-refractivity contribution < 1.29 is 4.79 Å². The number of thioether (sulfide) groups is 1. The van der Waals surface area contributed by atoms with Gasteiger partial charge < -0.3 is 5.32 Å². The molecule has 0 saturated heterocycles. The van der Waals surface area contributed by atoms with Gasteiger partial charge in [-0.3, -0.25) is 9.48 Å². The van der Waals surface area contributed by atoms with Crippen molar-refractivity contribution in [3.8, 4) is 10.7 Å². The van der Waals surface area contributed by atoms with E-state index < -0.39 is 0 Å². The Kier molecular flexibility index (Phi) is 5.15. The molecule has 142 valence electrons. The van der Waals surface area contributed by atoms with Crippen LogP contribution in [0.25, 0.3) is 21.6 Å². The van der Waals surface area contributed by atoms with Gasteiger partial charge in [-0.15, -0.1) is 11.3 Å². The Hall–Kier alpha value is -2.71. The first kappa shape index (κ1) is 18.6. The van der Waals surface area contributed by atoms with Gasteiger partial charge in [0, 0.05) is 12.4 Å². The van der Waals surface area contributed by atoms with Crippen LogP contribution in [0.5, 0.6) is 0 Å². The van der Waals surface area contributed by atoms with Gasteiger partial charge >= 0.3 is 0 Å². The van der Waals surface area contributed by atoms with E-state index in [1.807, 2.05) is 62.7 Å². The number of aryl methyl sites for hydroxylation is 2. The van der Waals surface area contributed by atoms with Gasteiger partial charge in [0.1, 0.15) is 5.03 Å². The summed E-state index contributed by atoms with van der Waals surface area (Å²) in [4.78, 5) is 23.0. The minimum atomic E-state index is -0.0791. The third kappa shape index (κ3) is 3.65. The molecule has 28 heavy (non-hydrogen) atoms. The van der Waals surface area contributed by atoms with Crippen molar-refractivity contribution in [2.45, 2.75) is 18.9 Å². The molecular weight excluding hydrogens is 390 g/mol. The lowest BCUT2D eigenvalue weighted by atomic mass is 10.2. The number of amides is 1. The Morgan fingerprint density at radius 2 is 2.00 bits per heavy atom. The van der Waals surface area contributed by atoms with E-state index in [1.165, 1.54) is 11.8 Å². The van der Waals surface area contributed by atoms with E-state index >= 15 is 0 Å². The third-order valence-corrected chi connectivity index (χ3v) is 6.28. The fourth-order valence-electron chi connectivity index (χ4n) is 2.94. The molecule has 0 saturated carbocycles. The number of hydrogen-bond donors (Lipinski definition) is 1. The zero-order valence-electron chi connectivity index (χ0n) is 15.8. The topological polar surface area (TPSA) is 72.7 Å². The number of carbonyl (C=O) groups is 1. The van der Waals surface area contributed by atoms with Gasteiger partial charge in [-0.25, -0.2) is 9.97 Å². The van der Waals surface area contributed by atoms with Crippen molar-refractivity contribution in [3.63, 3.8) is 0 Å². The Morgan fingerprint density at radius 3 is 2.71 bits per heavy atom. The summed E-state index contributed by atoms with van der Waals surface area (Å²) in [6, 6.07) is 11.9. The number of benzene rings is 1. The Labute approximate surface area is 171 Å². The van der Waals surface area contributed by atoms with E-state index in [-0.39, 0.29) is 11.7 Å². The first-order valence-corrected chi connectivity index (χ1v) is 10.6. The van der Waals surface area contributed by atoms with Crippen molar-refractivity contribution in [1.82, 2.24) is 19.7 Å². The second-order valence-corrected chi connectivity index (χ2v) is 8.26. The molecule has 0 atom stereocenters. The number of anilines is 1. The van der Waals surface area contributed by atoms with Crippen molar-refractivity contribution >= 4 is 45.6 Å². The lowest BCUT2D eigenvalue weighted by Crippen LogP contribution is -2.15. The highest BCUT2D eigenvalue weighted by atomic mass is 32.2. The second kappa shape index (κ2) is 7.73. The smallest absolute Gasteiger partial charge is 0.234 e. The number of nitrogens with zero attached hydrogens (tertiary/aromatic N) is 4. The summed E-state index contributed by atoms with van der Waals surface area (Å²) >= 11 is 3.02. The molecule has 1 amide bonds. The lowest BCUT2D eigenvalue weighted by Gasteiger charge is -2.08. The van der Waals surface area contributed by atoms with Crippen molar-refractivity contribution in [3.05, 3.63) is 53.2 Å². The normalized spacial score (nSPS) is 11.1. The van der Waals surface area contributed by atoms with Gasteiger partial charge in [0.2, 0.25) is 5.91 Å². The third-order valence-electron chi connectivity index (χ3n) is 4.42. The first-order valence-electron chi connectivity index (χ1n) is 8.76. The van der Waals surface area contributed by atoms with Crippen molar-refractivity contribution in [2.24, 2.45) is 7.05 Å². The Balaban J connectivity index is 1.58. The van der Waals surface area contributed by atoms with Crippen LogP contribution >= 0.6 is 23.1 Å². The molecule has 3 heterocycles. The van der Waals surface area contributed by atoms with Gasteiger partial charge in [-0.2, -0.15) is 5.10 Å². The standard InChI is InChI=1S/C20H19N5OS2/c1-12-18(13(2)25(3)24-12)22-17(26)11-28-20-14-7-4-5-8-15(14)21-19(23-20)16-9-6-10-27-16/h4-10H,11H2,1-3H3,(H,22,26). The minimum Gasteiger partial charge on any atom is -0.322 e.